The summed E-state index contributed by atoms with van der Waals surface area (Å²) in [5, 5.41) is 9.50. The lowest BCUT2D eigenvalue weighted by atomic mass is 10.0. The molecule has 0 saturated carbocycles. The lowest BCUT2D eigenvalue weighted by molar-refractivity contribution is -0.121. The first-order valence-corrected chi connectivity index (χ1v) is 9.02. The fraction of sp³-hybridized carbons (Fsp3) is 0.444. The van der Waals surface area contributed by atoms with Crippen molar-refractivity contribution in [3.8, 4) is 10.6 Å². The van der Waals surface area contributed by atoms with E-state index in [1.807, 2.05) is 5.38 Å². The molecule has 1 aliphatic rings. The van der Waals surface area contributed by atoms with Gasteiger partial charge in [-0.25, -0.2) is 4.98 Å². The Balaban J connectivity index is 0.00000156. The first-order valence-electron chi connectivity index (χ1n) is 8.14. The molecular weight excluding hydrogens is 377 g/mol. The Morgan fingerprint density at radius 2 is 2.04 bits per heavy atom. The van der Waals surface area contributed by atoms with Gasteiger partial charge in [0.05, 0.1) is 12.1 Å². The SMILES string of the molecule is Cc1ccc(-c2nc(CC(=O)NC3CCNC(C)C3)cs2)cc1.Cl.Cl. The van der Waals surface area contributed by atoms with E-state index in [1.54, 1.807) is 11.3 Å². The average molecular weight is 402 g/mol. The lowest BCUT2D eigenvalue weighted by Crippen LogP contribution is -2.46. The van der Waals surface area contributed by atoms with E-state index in [4.69, 9.17) is 0 Å². The molecule has 0 aliphatic carbocycles. The number of aromatic nitrogens is 1. The fourth-order valence-corrected chi connectivity index (χ4v) is 3.75. The summed E-state index contributed by atoms with van der Waals surface area (Å²) in [4.78, 5) is 16.8. The molecule has 0 spiro atoms. The summed E-state index contributed by atoms with van der Waals surface area (Å²) in [6.07, 6.45) is 2.36. The van der Waals surface area contributed by atoms with Crippen molar-refractivity contribution in [2.75, 3.05) is 6.54 Å². The second kappa shape index (κ2) is 10.1. The smallest absolute Gasteiger partial charge is 0.226 e. The summed E-state index contributed by atoms with van der Waals surface area (Å²) >= 11 is 1.60. The number of thiazole rings is 1. The van der Waals surface area contributed by atoms with Gasteiger partial charge in [0, 0.05) is 23.0 Å². The summed E-state index contributed by atoms with van der Waals surface area (Å²) < 4.78 is 0. The van der Waals surface area contributed by atoms with Crippen LogP contribution in [0.2, 0.25) is 0 Å². The minimum absolute atomic E-state index is 0. The molecule has 0 bridgehead atoms. The van der Waals surface area contributed by atoms with Crippen LogP contribution in [0.15, 0.2) is 29.6 Å². The van der Waals surface area contributed by atoms with Crippen LogP contribution >= 0.6 is 36.2 Å². The number of nitrogens with one attached hydrogen (secondary N) is 2. The molecule has 1 aromatic heterocycles. The van der Waals surface area contributed by atoms with Crippen LogP contribution in [0.25, 0.3) is 10.6 Å². The van der Waals surface area contributed by atoms with Crippen molar-refractivity contribution in [3.05, 3.63) is 40.9 Å². The largest absolute Gasteiger partial charge is 0.353 e. The van der Waals surface area contributed by atoms with Gasteiger partial charge in [-0.05, 0) is 33.2 Å². The van der Waals surface area contributed by atoms with E-state index in [1.165, 1.54) is 5.56 Å². The predicted octanol–water partition coefficient (Wildman–Crippen LogP) is 3.76. The Bertz CT molecular complexity index is 675. The minimum Gasteiger partial charge on any atom is -0.353 e. The third kappa shape index (κ3) is 6.26. The van der Waals surface area contributed by atoms with Crippen LogP contribution in [0.1, 0.15) is 31.0 Å². The quantitative estimate of drug-likeness (QED) is 0.819. The number of carbonyl (C=O) groups is 1. The van der Waals surface area contributed by atoms with Gasteiger partial charge in [0.25, 0.3) is 0 Å². The van der Waals surface area contributed by atoms with Gasteiger partial charge in [-0.15, -0.1) is 36.2 Å². The van der Waals surface area contributed by atoms with Gasteiger partial charge in [-0.1, -0.05) is 29.8 Å². The summed E-state index contributed by atoms with van der Waals surface area (Å²) in [7, 11) is 0. The Labute approximate surface area is 165 Å². The van der Waals surface area contributed by atoms with E-state index in [2.05, 4.69) is 53.7 Å². The minimum atomic E-state index is 0. The molecule has 138 valence electrons. The fourth-order valence-electron chi connectivity index (χ4n) is 2.92. The van der Waals surface area contributed by atoms with Crippen LogP contribution in [0, 0.1) is 6.92 Å². The molecule has 2 unspecified atom stereocenters. The summed E-state index contributed by atoms with van der Waals surface area (Å²) in [6, 6.07) is 9.08. The van der Waals surface area contributed by atoms with Gasteiger partial charge in [0.2, 0.25) is 5.91 Å². The van der Waals surface area contributed by atoms with Crippen molar-refractivity contribution in [1.82, 2.24) is 15.6 Å². The van der Waals surface area contributed by atoms with Crippen molar-refractivity contribution in [1.29, 1.82) is 0 Å². The number of rotatable bonds is 4. The number of hydrogen-bond acceptors (Lipinski definition) is 4. The highest BCUT2D eigenvalue weighted by molar-refractivity contribution is 7.13. The molecule has 3 rings (SSSR count). The molecule has 1 amide bonds. The van der Waals surface area contributed by atoms with Crippen LogP contribution in [0.4, 0.5) is 0 Å². The second-order valence-electron chi connectivity index (χ2n) is 6.33. The number of hydrogen-bond donors (Lipinski definition) is 2. The number of piperidine rings is 1. The van der Waals surface area contributed by atoms with E-state index >= 15 is 0 Å². The van der Waals surface area contributed by atoms with E-state index in [0.29, 0.717) is 12.5 Å². The summed E-state index contributed by atoms with van der Waals surface area (Å²) in [5.41, 5.74) is 3.20. The van der Waals surface area contributed by atoms with Gasteiger partial charge in [0.15, 0.2) is 0 Å². The van der Waals surface area contributed by atoms with Crippen molar-refractivity contribution in [2.24, 2.45) is 0 Å². The standard InChI is InChI=1S/C18H23N3OS.2ClH/c1-12-3-5-14(6-4-12)18-21-16(11-23-18)10-17(22)20-15-7-8-19-13(2)9-15;;/h3-6,11,13,15,19H,7-10H2,1-2H3,(H,20,22);2*1H. The maximum Gasteiger partial charge on any atom is 0.226 e. The van der Waals surface area contributed by atoms with Crippen molar-refractivity contribution < 1.29 is 4.79 Å². The van der Waals surface area contributed by atoms with Crippen molar-refractivity contribution >= 4 is 42.1 Å². The Hall–Kier alpha value is -1.14. The Kier molecular flexibility index (Phi) is 8.86. The Morgan fingerprint density at radius 1 is 1.32 bits per heavy atom. The first-order chi connectivity index (χ1) is 11.1. The molecule has 1 fully saturated rings. The number of carbonyl (C=O) groups excluding carboxylic acids is 1. The van der Waals surface area contributed by atoms with Crippen molar-refractivity contribution in [3.63, 3.8) is 0 Å². The molecule has 2 aromatic rings. The van der Waals surface area contributed by atoms with Crippen LogP contribution in [-0.2, 0) is 11.2 Å². The highest BCUT2D eigenvalue weighted by atomic mass is 35.5. The van der Waals surface area contributed by atoms with E-state index in [0.717, 1.165) is 35.7 Å². The number of nitrogens with zero attached hydrogens (tertiary/aromatic N) is 1. The van der Waals surface area contributed by atoms with E-state index < -0.39 is 0 Å². The van der Waals surface area contributed by atoms with Gasteiger partial charge >= 0.3 is 0 Å². The molecule has 4 nitrogen and oxygen atoms in total. The molecule has 0 radical (unpaired) electrons. The zero-order chi connectivity index (χ0) is 16.2. The number of amides is 1. The molecule has 1 aliphatic heterocycles. The normalized spacial score (nSPS) is 19.4. The maximum atomic E-state index is 12.2. The van der Waals surface area contributed by atoms with Crippen LogP contribution in [-0.4, -0.2) is 29.5 Å². The zero-order valence-electron chi connectivity index (χ0n) is 14.5. The highest BCUT2D eigenvalue weighted by Crippen LogP contribution is 2.24. The van der Waals surface area contributed by atoms with E-state index in [-0.39, 0.29) is 36.8 Å². The third-order valence-electron chi connectivity index (χ3n) is 4.18. The molecular formula is C18H25Cl2N3OS. The molecule has 25 heavy (non-hydrogen) atoms. The second-order valence-corrected chi connectivity index (χ2v) is 7.19. The van der Waals surface area contributed by atoms with Crippen LogP contribution in [0.3, 0.4) is 0 Å². The first kappa shape index (κ1) is 21.9. The zero-order valence-corrected chi connectivity index (χ0v) is 16.9. The van der Waals surface area contributed by atoms with Crippen LogP contribution < -0.4 is 10.6 Å². The molecule has 2 heterocycles. The lowest BCUT2D eigenvalue weighted by Gasteiger charge is -2.28. The van der Waals surface area contributed by atoms with Gasteiger partial charge in [-0.2, -0.15) is 0 Å². The number of benzene rings is 1. The average Bonchev–Trinajstić information content (AvgIpc) is 2.96. The van der Waals surface area contributed by atoms with Gasteiger partial charge < -0.3 is 10.6 Å². The monoisotopic (exact) mass is 401 g/mol. The highest BCUT2D eigenvalue weighted by Gasteiger charge is 2.20. The number of aryl methyl sites for hydroxylation is 1. The summed E-state index contributed by atoms with van der Waals surface area (Å²) in [5.74, 6) is 0.0739. The Morgan fingerprint density at radius 3 is 2.72 bits per heavy atom. The molecule has 7 heteroatoms. The molecule has 2 atom stereocenters. The maximum absolute atomic E-state index is 12.2. The van der Waals surface area contributed by atoms with Crippen LogP contribution in [0.5, 0.6) is 0 Å². The van der Waals surface area contributed by atoms with Crippen molar-refractivity contribution in [2.45, 2.75) is 45.2 Å². The molecule has 1 saturated heterocycles. The predicted molar refractivity (Wildman–Crippen MR) is 109 cm³/mol. The van der Waals surface area contributed by atoms with E-state index in [9.17, 15) is 4.79 Å². The topological polar surface area (TPSA) is 54.0 Å². The summed E-state index contributed by atoms with van der Waals surface area (Å²) in [6.45, 7) is 5.20. The number of halogens is 2. The third-order valence-corrected chi connectivity index (χ3v) is 5.12. The van der Waals surface area contributed by atoms with Gasteiger partial charge in [-0.3, -0.25) is 4.79 Å². The van der Waals surface area contributed by atoms with Gasteiger partial charge in [0.1, 0.15) is 5.01 Å². The molecule has 2 N–H and O–H groups in total. The molecule has 1 aromatic carbocycles.